The van der Waals surface area contributed by atoms with E-state index >= 15 is 0 Å². The molecule has 2 N–H and O–H groups in total. The third-order valence-electron chi connectivity index (χ3n) is 3.51. The fraction of sp³-hybridized carbons (Fsp3) is 0.833. The Labute approximate surface area is 104 Å². The standard InChI is InChI=1S/C12H23BN2O2/c1-11(2)4-9(15-8-16)5-12(3,6-11)7-14-10(13)17/h8-9H,4-7,13H2,1-3H3,(H,14,17)(H,15,16). The smallest absolute Gasteiger partial charge is 0.215 e. The Morgan fingerprint density at radius 1 is 1.41 bits per heavy atom. The van der Waals surface area contributed by atoms with E-state index in [9.17, 15) is 9.59 Å². The predicted molar refractivity (Wildman–Crippen MR) is 70.7 cm³/mol. The first-order valence-electron chi connectivity index (χ1n) is 6.20. The van der Waals surface area contributed by atoms with Crippen LogP contribution in [-0.4, -0.2) is 32.6 Å². The second-order valence-corrected chi connectivity index (χ2v) is 6.45. The van der Waals surface area contributed by atoms with E-state index in [4.69, 9.17) is 0 Å². The Morgan fingerprint density at radius 3 is 2.59 bits per heavy atom. The van der Waals surface area contributed by atoms with Crippen molar-refractivity contribution in [3.63, 3.8) is 0 Å². The fourth-order valence-electron chi connectivity index (χ4n) is 3.32. The van der Waals surface area contributed by atoms with Crippen molar-refractivity contribution in [3.8, 4) is 0 Å². The number of carbonyl (C=O) groups is 2. The van der Waals surface area contributed by atoms with Crippen LogP contribution in [0, 0.1) is 10.8 Å². The molecule has 0 aromatic heterocycles. The first-order valence-corrected chi connectivity index (χ1v) is 6.20. The number of carbonyl (C=O) groups excluding carboxylic acids is 2. The van der Waals surface area contributed by atoms with Gasteiger partial charge in [0.15, 0.2) is 5.81 Å². The summed E-state index contributed by atoms with van der Waals surface area (Å²) in [6.07, 6.45) is 3.78. The largest absolute Gasteiger partial charge is 0.365 e. The van der Waals surface area contributed by atoms with E-state index in [1.165, 1.54) is 0 Å². The van der Waals surface area contributed by atoms with Crippen LogP contribution in [0.2, 0.25) is 0 Å². The second-order valence-electron chi connectivity index (χ2n) is 6.45. The molecule has 0 spiro atoms. The first kappa shape index (κ1) is 14.1. The minimum atomic E-state index is 0.00880. The zero-order chi connectivity index (χ0) is 13.1. The van der Waals surface area contributed by atoms with Gasteiger partial charge in [-0.1, -0.05) is 20.8 Å². The summed E-state index contributed by atoms with van der Waals surface area (Å²) in [6, 6.07) is 0.218. The Balaban J connectivity index is 2.69. The van der Waals surface area contributed by atoms with Gasteiger partial charge in [-0.25, -0.2) is 0 Å². The van der Waals surface area contributed by atoms with Crippen LogP contribution in [-0.2, 0) is 4.79 Å². The lowest BCUT2D eigenvalue weighted by Gasteiger charge is -2.46. The second kappa shape index (κ2) is 5.11. The van der Waals surface area contributed by atoms with Crippen molar-refractivity contribution in [2.75, 3.05) is 6.54 Å². The lowest BCUT2D eigenvalue weighted by atomic mass is 9.62. The van der Waals surface area contributed by atoms with Gasteiger partial charge in [-0.3, -0.25) is 9.59 Å². The van der Waals surface area contributed by atoms with Crippen LogP contribution in [0.5, 0.6) is 0 Å². The van der Waals surface area contributed by atoms with Gasteiger partial charge in [-0.05, 0) is 30.1 Å². The van der Waals surface area contributed by atoms with Gasteiger partial charge in [0, 0.05) is 12.6 Å². The summed E-state index contributed by atoms with van der Waals surface area (Å²) in [5.41, 5.74) is 0.264. The van der Waals surface area contributed by atoms with Gasteiger partial charge in [0.05, 0.1) is 0 Å². The van der Waals surface area contributed by atoms with Crippen LogP contribution in [0.3, 0.4) is 0 Å². The molecule has 1 fully saturated rings. The minimum absolute atomic E-state index is 0.00880. The van der Waals surface area contributed by atoms with Crippen molar-refractivity contribution < 1.29 is 9.59 Å². The van der Waals surface area contributed by atoms with Crippen LogP contribution < -0.4 is 10.6 Å². The molecule has 0 bridgehead atoms. The molecule has 1 aliphatic rings. The van der Waals surface area contributed by atoms with E-state index in [0.717, 1.165) is 25.7 Å². The summed E-state index contributed by atoms with van der Waals surface area (Å²) in [7, 11) is 1.54. The Kier molecular flexibility index (Phi) is 4.23. The van der Waals surface area contributed by atoms with Crippen molar-refractivity contribution in [1.82, 2.24) is 10.6 Å². The molecule has 0 heterocycles. The Morgan fingerprint density at radius 2 is 2.06 bits per heavy atom. The molecule has 0 radical (unpaired) electrons. The van der Waals surface area contributed by atoms with Crippen molar-refractivity contribution in [1.29, 1.82) is 0 Å². The lowest BCUT2D eigenvalue weighted by molar-refractivity contribution is -0.111. The van der Waals surface area contributed by atoms with Crippen LogP contribution in [0.15, 0.2) is 0 Å². The third kappa shape index (κ3) is 4.40. The SMILES string of the molecule is BC(=O)NCC1(C)CC(NC=O)CC(C)(C)C1. The molecule has 4 nitrogen and oxygen atoms in total. The summed E-state index contributed by atoms with van der Waals surface area (Å²) < 4.78 is 0. The molecule has 2 amide bonds. The highest BCUT2D eigenvalue weighted by Crippen LogP contribution is 2.45. The summed E-state index contributed by atoms with van der Waals surface area (Å²) in [6.45, 7) is 7.31. The molecule has 0 aliphatic heterocycles. The molecule has 0 saturated heterocycles. The molecular formula is C12H23BN2O2. The normalized spacial score (nSPS) is 31.6. The Hall–Kier alpha value is -0.995. The van der Waals surface area contributed by atoms with Crippen molar-refractivity contribution in [2.45, 2.75) is 46.1 Å². The quantitative estimate of drug-likeness (QED) is 0.558. The van der Waals surface area contributed by atoms with Gasteiger partial charge in [-0.2, -0.15) is 0 Å². The molecule has 17 heavy (non-hydrogen) atoms. The molecule has 5 heteroatoms. The zero-order valence-corrected chi connectivity index (χ0v) is 11.3. The van der Waals surface area contributed by atoms with Gasteiger partial charge in [0.1, 0.15) is 0 Å². The number of hydrogen-bond acceptors (Lipinski definition) is 2. The molecule has 0 aromatic carbocycles. The number of amides is 2. The van der Waals surface area contributed by atoms with Crippen LogP contribution in [0.1, 0.15) is 40.0 Å². The fourth-order valence-corrected chi connectivity index (χ4v) is 3.32. The van der Waals surface area contributed by atoms with E-state index in [1.54, 1.807) is 7.85 Å². The van der Waals surface area contributed by atoms with Crippen LogP contribution >= 0.6 is 0 Å². The molecule has 96 valence electrons. The van der Waals surface area contributed by atoms with E-state index < -0.39 is 0 Å². The van der Waals surface area contributed by atoms with E-state index in [-0.39, 0.29) is 22.7 Å². The maximum atomic E-state index is 11.0. The number of rotatable bonds is 4. The summed E-state index contributed by atoms with van der Waals surface area (Å²) >= 11 is 0. The van der Waals surface area contributed by atoms with Gasteiger partial charge < -0.3 is 10.6 Å². The third-order valence-corrected chi connectivity index (χ3v) is 3.51. The van der Waals surface area contributed by atoms with Gasteiger partial charge in [0.25, 0.3) is 0 Å². The van der Waals surface area contributed by atoms with Gasteiger partial charge in [0.2, 0.25) is 14.3 Å². The monoisotopic (exact) mass is 238 g/mol. The van der Waals surface area contributed by atoms with Crippen molar-refractivity contribution >= 4 is 20.1 Å². The lowest BCUT2D eigenvalue weighted by Crippen LogP contribution is -2.48. The first-order chi connectivity index (χ1) is 7.76. The van der Waals surface area contributed by atoms with Crippen molar-refractivity contribution in [2.24, 2.45) is 10.8 Å². The summed E-state index contributed by atoms with van der Waals surface area (Å²) in [5, 5.41) is 5.79. The molecule has 2 atom stereocenters. The van der Waals surface area contributed by atoms with E-state index in [0.29, 0.717) is 6.54 Å². The van der Waals surface area contributed by atoms with E-state index in [2.05, 4.69) is 31.4 Å². The highest BCUT2D eigenvalue weighted by atomic mass is 16.1. The molecular weight excluding hydrogens is 215 g/mol. The summed E-state index contributed by atoms with van der Waals surface area (Å²) in [5.74, 6) is 0.00880. The highest BCUT2D eigenvalue weighted by Gasteiger charge is 2.41. The van der Waals surface area contributed by atoms with Gasteiger partial charge >= 0.3 is 0 Å². The highest BCUT2D eigenvalue weighted by molar-refractivity contribution is 6.57. The topological polar surface area (TPSA) is 58.2 Å². The average Bonchev–Trinajstić information content (AvgIpc) is 2.12. The predicted octanol–water partition coefficient (Wildman–Crippen LogP) is 0.660. The zero-order valence-electron chi connectivity index (χ0n) is 11.3. The van der Waals surface area contributed by atoms with Crippen LogP contribution in [0.25, 0.3) is 0 Å². The van der Waals surface area contributed by atoms with E-state index in [1.807, 2.05) is 0 Å². The number of nitrogens with one attached hydrogen (secondary N) is 2. The maximum absolute atomic E-state index is 11.0. The molecule has 1 rings (SSSR count). The van der Waals surface area contributed by atoms with Crippen molar-refractivity contribution in [3.05, 3.63) is 0 Å². The van der Waals surface area contributed by atoms with Crippen LogP contribution in [0.4, 0.5) is 4.79 Å². The summed E-state index contributed by atoms with van der Waals surface area (Å²) in [4.78, 5) is 21.6. The minimum Gasteiger partial charge on any atom is -0.365 e. The maximum Gasteiger partial charge on any atom is 0.215 e. The molecule has 2 unspecified atom stereocenters. The molecule has 1 saturated carbocycles. The Bertz CT molecular complexity index is 307. The molecule has 1 aliphatic carbocycles. The molecule has 0 aromatic rings. The average molecular weight is 238 g/mol. The number of hydrogen-bond donors (Lipinski definition) is 2. The van der Waals surface area contributed by atoms with Gasteiger partial charge in [-0.15, -0.1) is 0 Å².